The molecule has 140 valence electrons. The fourth-order valence-corrected chi connectivity index (χ4v) is 2.62. The number of methoxy groups -OCH3 is 1. The number of carbonyl (C=O) groups is 1. The molecule has 0 bridgehead atoms. The van der Waals surface area contributed by atoms with Gasteiger partial charge in [0.1, 0.15) is 0 Å². The van der Waals surface area contributed by atoms with Crippen LogP contribution in [-0.4, -0.2) is 41.5 Å². The van der Waals surface area contributed by atoms with Crippen molar-refractivity contribution >= 4 is 33.4 Å². The second kappa shape index (κ2) is 7.33. The number of nitrogens with zero attached hydrogens (tertiary/aromatic N) is 4. The first-order chi connectivity index (χ1) is 12.9. The quantitative estimate of drug-likeness (QED) is 0.647. The molecule has 2 amide bonds. The molecule has 3 rings (SSSR count). The van der Waals surface area contributed by atoms with Crippen LogP contribution in [-0.2, 0) is 10.3 Å². The van der Waals surface area contributed by atoms with Crippen molar-refractivity contribution in [1.29, 1.82) is 0 Å². The molecule has 2 N–H and O–H groups in total. The minimum absolute atomic E-state index is 0.0221. The van der Waals surface area contributed by atoms with E-state index in [0.29, 0.717) is 0 Å². The molecule has 1 aromatic carbocycles. The molecule has 0 saturated carbocycles. The van der Waals surface area contributed by atoms with Gasteiger partial charge in [0.25, 0.3) is 0 Å². The summed E-state index contributed by atoms with van der Waals surface area (Å²) in [6, 6.07) is 3.56. The summed E-state index contributed by atoms with van der Waals surface area (Å²) in [6.45, 7) is 0. The Kier molecular flexibility index (Phi) is 4.94. The highest BCUT2D eigenvalue weighted by atomic mass is 32.2. The van der Waals surface area contributed by atoms with Gasteiger partial charge in [0.05, 0.1) is 7.11 Å². The molecule has 3 aromatic rings. The lowest BCUT2D eigenvalue weighted by Gasteiger charge is -2.10. The zero-order valence-electron chi connectivity index (χ0n) is 13.6. The third-order valence-corrected chi connectivity index (χ3v) is 3.81. The van der Waals surface area contributed by atoms with Crippen LogP contribution in [0.4, 0.5) is 15.1 Å². The van der Waals surface area contributed by atoms with Crippen molar-refractivity contribution < 1.29 is 26.5 Å². The van der Waals surface area contributed by atoms with E-state index in [1.807, 2.05) is 0 Å². The second-order valence-corrected chi connectivity index (χ2v) is 6.09. The van der Waals surface area contributed by atoms with E-state index in [9.17, 15) is 17.6 Å². The number of benzene rings is 1. The first-order valence-corrected chi connectivity index (χ1v) is 8.59. The number of nitrogens with one attached hydrogen (secondary N) is 2. The molecule has 27 heavy (non-hydrogen) atoms. The van der Waals surface area contributed by atoms with Gasteiger partial charge >= 0.3 is 16.3 Å². The molecule has 2 heterocycles. The summed E-state index contributed by atoms with van der Waals surface area (Å²) in [5.74, 6) is -1.76. The Labute approximate surface area is 151 Å². The van der Waals surface area contributed by atoms with Gasteiger partial charge in [-0.25, -0.2) is 23.9 Å². The summed E-state index contributed by atoms with van der Waals surface area (Å²) < 4.78 is 48.2. The van der Waals surface area contributed by atoms with Crippen LogP contribution in [0.3, 0.4) is 0 Å². The Bertz CT molecular complexity index is 1110. The fraction of sp³-hybridized carbons (Fsp3) is 0.0714. The first kappa shape index (κ1) is 18.2. The third-order valence-electron chi connectivity index (χ3n) is 2.97. The van der Waals surface area contributed by atoms with Gasteiger partial charge in [-0.2, -0.15) is 18.4 Å². The topological polar surface area (TPSA) is 145 Å². The number of rotatable bonds is 5. The summed E-state index contributed by atoms with van der Waals surface area (Å²) in [5, 5.41) is 2.09. The Morgan fingerprint density at radius 1 is 1.15 bits per heavy atom. The van der Waals surface area contributed by atoms with Gasteiger partial charge < -0.3 is 8.92 Å². The number of ether oxygens (including phenoxy) is 1. The van der Waals surface area contributed by atoms with Crippen LogP contribution in [0.15, 0.2) is 36.7 Å². The minimum Gasteiger partial charge on any atom is -0.479 e. The number of urea groups is 1. The predicted octanol–water partition coefficient (Wildman–Crippen LogP) is 1.01. The lowest BCUT2D eigenvalue weighted by molar-refractivity contribution is 0.255. The van der Waals surface area contributed by atoms with Crippen LogP contribution in [0.5, 0.6) is 11.6 Å². The van der Waals surface area contributed by atoms with Gasteiger partial charge in [-0.1, -0.05) is 12.1 Å². The number of para-hydroxylation sites is 1. The van der Waals surface area contributed by atoms with E-state index in [1.54, 1.807) is 4.72 Å². The highest BCUT2D eigenvalue weighted by Crippen LogP contribution is 2.20. The Hall–Kier alpha value is -3.61. The van der Waals surface area contributed by atoms with Crippen LogP contribution in [0, 0.1) is 5.82 Å². The van der Waals surface area contributed by atoms with Crippen molar-refractivity contribution in [1.82, 2.24) is 24.7 Å². The number of amides is 2. The van der Waals surface area contributed by atoms with E-state index in [0.717, 1.165) is 12.1 Å². The molecule has 0 spiro atoms. The normalized spacial score (nSPS) is 11.0. The van der Waals surface area contributed by atoms with Crippen LogP contribution in [0.25, 0.3) is 11.2 Å². The van der Waals surface area contributed by atoms with Crippen LogP contribution < -0.4 is 19.0 Å². The van der Waals surface area contributed by atoms with Crippen molar-refractivity contribution in [3.63, 3.8) is 0 Å². The van der Waals surface area contributed by atoms with Crippen molar-refractivity contribution in [2.75, 3.05) is 12.4 Å². The maximum atomic E-state index is 13.5. The summed E-state index contributed by atoms with van der Waals surface area (Å²) in [4.78, 5) is 27.7. The molecule has 0 aliphatic heterocycles. The largest absolute Gasteiger partial charge is 0.479 e. The molecular formula is C14H11FN6O5S. The second-order valence-electron chi connectivity index (χ2n) is 4.81. The zero-order valence-corrected chi connectivity index (χ0v) is 14.4. The summed E-state index contributed by atoms with van der Waals surface area (Å²) in [5.41, 5.74) is 0.367. The van der Waals surface area contributed by atoms with Crippen molar-refractivity contribution in [3.8, 4) is 11.6 Å². The van der Waals surface area contributed by atoms with Crippen LogP contribution in [0.1, 0.15) is 0 Å². The third kappa shape index (κ3) is 4.33. The smallest absolute Gasteiger partial charge is 0.411 e. The maximum absolute atomic E-state index is 13.5. The van der Waals surface area contributed by atoms with Gasteiger partial charge in [-0.3, -0.25) is 5.32 Å². The molecule has 0 unspecified atom stereocenters. The number of fused-ring (bicyclic) bond motifs is 1. The van der Waals surface area contributed by atoms with Crippen LogP contribution >= 0.6 is 0 Å². The summed E-state index contributed by atoms with van der Waals surface area (Å²) in [6.07, 6.45) is 2.77. The fourth-order valence-electron chi connectivity index (χ4n) is 1.93. The average Bonchev–Trinajstić information content (AvgIpc) is 2.62. The number of aromatic nitrogens is 4. The lowest BCUT2D eigenvalue weighted by Crippen LogP contribution is -2.37. The SMILES string of the molecule is COc1nc(NC(=O)NS(=O)(=O)Oc2ccccc2F)nc2nccnc12. The number of carbonyl (C=O) groups excluding carboxylic acids is 1. The van der Waals surface area contributed by atoms with Gasteiger partial charge in [-0.05, 0) is 12.1 Å². The first-order valence-electron chi connectivity index (χ1n) is 7.18. The van der Waals surface area contributed by atoms with Gasteiger partial charge in [0, 0.05) is 12.4 Å². The number of hydrogen-bond donors (Lipinski definition) is 2. The predicted molar refractivity (Wildman–Crippen MR) is 89.8 cm³/mol. The summed E-state index contributed by atoms with van der Waals surface area (Å²) >= 11 is 0. The molecule has 0 atom stereocenters. The molecule has 0 fully saturated rings. The number of hydrogen-bond acceptors (Lipinski definition) is 9. The van der Waals surface area contributed by atoms with Gasteiger partial charge in [-0.15, -0.1) is 0 Å². The van der Waals surface area contributed by atoms with E-state index in [2.05, 4.69) is 29.4 Å². The van der Waals surface area contributed by atoms with E-state index in [-0.39, 0.29) is 23.0 Å². The van der Waals surface area contributed by atoms with Crippen molar-refractivity contribution in [3.05, 3.63) is 42.5 Å². The standard InChI is InChI=1S/C14H11FN6O5S/c1-25-12-10-11(17-7-6-16-10)18-13(19-12)20-14(22)21-27(23,24)26-9-5-3-2-4-8(9)15/h2-7H,1H3,(H2,17,18,19,20,21,22). The molecule has 13 heteroatoms. The Balaban J connectivity index is 1.75. The van der Waals surface area contributed by atoms with E-state index < -0.39 is 27.9 Å². The maximum Gasteiger partial charge on any atom is 0.411 e. The molecule has 0 aliphatic carbocycles. The summed E-state index contributed by atoms with van der Waals surface area (Å²) in [7, 11) is -3.33. The van der Waals surface area contributed by atoms with Gasteiger partial charge in [0.2, 0.25) is 11.8 Å². The Morgan fingerprint density at radius 2 is 1.89 bits per heavy atom. The van der Waals surface area contributed by atoms with Crippen molar-refractivity contribution in [2.45, 2.75) is 0 Å². The van der Waals surface area contributed by atoms with Crippen LogP contribution in [0.2, 0.25) is 0 Å². The molecule has 0 aliphatic rings. The number of halogens is 1. The molecule has 11 nitrogen and oxygen atoms in total. The number of anilines is 1. The van der Waals surface area contributed by atoms with Gasteiger partial charge in [0.15, 0.2) is 22.7 Å². The molecule has 0 saturated heterocycles. The molecule has 2 aromatic heterocycles. The zero-order chi connectivity index (χ0) is 19.4. The molecular weight excluding hydrogens is 383 g/mol. The highest BCUT2D eigenvalue weighted by molar-refractivity contribution is 7.85. The van der Waals surface area contributed by atoms with E-state index >= 15 is 0 Å². The average molecular weight is 394 g/mol. The highest BCUT2D eigenvalue weighted by Gasteiger charge is 2.20. The minimum atomic E-state index is -4.65. The monoisotopic (exact) mass is 394 g/mol. The lowest BCUT2D eigenvalue weighted by atomic mass is 10.3. The Morgan fingerprint density at radius 3 is 2.63 bits per heavy atom. The van der Waals surface area contributed by atoms with Crippen molar-refractivity contribution in [2.24, 2.45) is 0 Å². The van der Waals surface area contributed by atoms with E-state index in [1.165, 1.54) is 31.6 Å². The molecule has 0 radical (unpaired) electrons. The van der Waals surface area contributed by atoms with E-state index in [4.69, 9.17) is 4.74 Å².